The molecule has 2 aromatic carbocycles. The van der Waals surface area contributed by atoms with Gasteiger partial charge >= 0.3 is 0 Å². The number of benzene rings is 2. The van der Waals surface area contributed by atoms with E-state index in [0.717, 1.165) is 11.1 Å². The van der Waals surface area contributed by atoms with Crippen LogP contribution in [0.25, 0.3) is 0 Å². The Morgan fingerprint density at radius 2 is 2.07 bits per heavy atom. The monoisotopic (exact) mass is 394 g/mol. The van der Waals surface area contributed by atoms with Crippen LogP contribution in [0.2, 0.25) is 0 Å². The molecular formula is C20H19FN6O2. The molecule has 4 rings (SSSR count). The Morgan fingerprint density at radius 1 is 1.28 bits per heavy atom. The van der Waals surface area contributed by atoms with Crippen LogP contribution in [0, 0.1) is 12.7 Å². The highest BCUT2D eigenvalue weighted by Crippen LogP contribution is 2.28. The van der Waals surface area contributed by atoms with Crippen molar-refractivity contribution in [2.75, 3.05) is 17.2 Å². The van der Waals surface area contributed by atoms with Gasteiger partial charge in [-0.3, -0.25) is 14.7 Å². The average Bonchev–Trinajstić information content (AvgIpc) is 3.10. The number of amides is 2. The van der Waals surface area contributed by atoms with Crippen molar-refractivity contribution >= 4 is 23.2 Å². The first-order valence-electron chi connectivity index (χ1n) is 9.10. The zero-order valence-electron chi connectivity index (χ0n) is 15.6. The first-order valence-corrected chi connectivity index (χ1v) is 9.10. The maximum Gasteiger partial charge on any atom is 0.291 e. The molecule has 1 atom stereocenters. The second kappa shape index (κ2) is 7.70. The maximum absolute atomic E-state index is 14.2. The van der Waals surface area contributed by atoms with E-state index in [1.807, 2.05) is 30.3 Å². The summed E-state index contributed by atoms with van der Waals surface area (Å²) < 4.78 is 14.2. The van der Waals surface area contributed by atoms with Crippen molar-refractivity contribution in [3.63, 3.8) is 0 Å². The number of fused-ring (bicyclic) bond motifs is 1. The minimum absolute atomic E-state index is 0.0625. The number of aromatic nitrogens is 3. The van der Waals surface area contributed by atoms with E-state index in [1.54, 1.807) is 13.0 Å². The summed E-state index contributed by atoms with van der Waals surface area (Å²) in [6, 6.07) is 11.8. The topological polar surface area (TPSA) is 112 Å². The molecule has 4 N–H and O–H groups in total. The van der Waals surface area contributed by atoms with Gasteiger partial charge in [-0.1, -0.05) is 30.3 Å². The van der Waals surface area contributed by atoms with Crippen LogP contribution in [0.3, 0.4) is 0 Å². The number of nitrogens with zero attached hydrogens (tertiary/aromatic N) is 2. The Bertz CT molecular complexity index is 1070. The number of rotatable bonds is 4. The zero-order valence-corrected chi connectivity index (χ0v) is 15.6. The van der Waals surface area contributed by atoms with E-state index in [9.17, 15) is 14.0 Å². The number of hydrogen-bond acceptors (Lipinski definition) is 5. The summed E-state index contributed by atoms with van der Waals surface area (Å²) in [4.78, 5) is 29.1. The number of aromatic amines is 1. The molecule has 0 aliphatic carbocycles. The van der Waals surface area contributed by atoms with Crippen molar-refractivity contribution in [1.82, 2.24) is 20.5 Å². The van der Waals surface area contributed by atoms with E-state index in [0.29, 0.717) is 17.9 Å². The van der Waals surface area contributed by atoms with Crippen LogP contribution in [0.1, 0.15) is 27.6 Å². The Morgan fingerprint density at radius 3 is 2.86 bits per heavy atom. The van der Waals surface area contributed by atoms with E-state index in [4.69, 9.17) is 0 Å². The highest BCUT2D eigenvalue weighted by atomic mass is 19.1. The molecule has 0 bridgehead atoms. The molecule has 1 aliphatic rings. The third-order valence-electron chi connectivity index (χ3n) is 4.55. The van der Waals surface area contributed by atoms with Crippen LogP contribution in [0.15, 0.2) is 42.5 Å². The number of carbonyl (C=O) groups is 2. The molecule has 2 heterocycles. The molecule has 0 saturated heterocycles. The van der Waals surface area contributed by atoms with Crippen LogP contribution in [-0.2, 0) is 11.2 Å². The van der Waals surface area contributed by atoms with Gasteiger partial charge in [-0.05, 0) is 30.2 Å². The third kappa shape index (κ3) is 4.08. The van der Waals surface area contributed by atoms with Gasteiger partial charge in [0.15, 0.2) is 0 Å². The SMILES string of the molecule is Cc1cc(F)c2c(c1)NCC(NC(=O)c1n[nH]c(Cc3ccccc3)n1)C(=O)N2. The normalized spacial score (nSPS) is 15.7. The number of H-pyrrole nitrogens is 1. The summed E-state index contributed by atoms with van der Waals surface area (Å²) in [5, 5.41) is 14.8. The van der Waals surface area contributed by atoms with Crippen LogP contribution in [0.4, 0.5) is 15.8 Å². The third-order valence-corrected chi connectivity index (χ3v) is 4.55. The summed E-state index contributed by atoms with van der Waals surface area (Å²) in [7, 11) is 0. The Balaban J connectivity index is 1.44. The predicted molar refractivity (Wildman–Crippen MR) is 105 cm³/mol. The van der Waals surface area contributed by atoms with Crippen molar-refractivity contribution in [3.8, 4) is 0 Å². The summed E-state index contributed by atoms with van der Waals surface area (Å²) in [6.07, 6.45) is 0.501. The first-order chi connectivity index (χ1) is 14.0. The van der Waals surface area contributed by atoms with Crippen LogP contribution >= 0.6 is 0 Å². The summed E-state index contributed by atoms with van der Waals surface area (Å²) >= 11 is 0. The number of hydrogen-bond donors (Lipinski definition) is 4. The highest BCUT2D eigenvalue weighted by molar-refractivity contribution is 6.03. The second-order valence-electron chi connectivity index (χ2n) is 6.83. The number of nitrogens with one attached hydrogen (secondary N) is 4. The van der Waals surface area contributed by atoms with Gasteiger partial charge in [-0.2, -0.15) is 0 Å². The number of carbonyl (C=O) groups excluding carboxylic acids is 2. The fourth-order valence-corrected chi connectivity index (χ4v) is 3.13. The van der Waals surface area contributed by atoms with E-state index >= 15 is 0 Å². The van der Waals surface area contributed by atoms with Crippen LogP contribution in [-0.4, -0.2) is 39.6 Å². The molecule has 8 nitrogen and oxygen atoms in total. The lowest BCUT2D eigenvalue weighted by Crippen LogP contribution is -2.47. The fraction of sp³-hybridized carbons (Fsp3) is 0.200. The number of aryl methyl sites for hydroxylation is 1. The van der Waals surface area contributed by atoms with Gasteiger partial charge in [0.25, 0.3) is 5.91 Å². The molecule has 0 fully saturated rings. The molecule has 148 valence electrons. The molecule has 9 heteroatoms. The minimum atomic E-state index is -0.911. The summed E-state index contributed by atoms with van der Waals surface area (Å²) in [6.45, 7) is 1.86. The van der Waals surface area contributed by atoms with Gasteiger partial charge in [-0.15, -0.1) is 5.10 Å². The van der Waals surface area contributed by atoms with E-state index in [-0.39, 0.29) is 18.1 Å². The molecule has 0 spiro atoms. The molecule has 0 saturated carbocycles. The van der Waals surface area contributed by atoms with Crippen molar-refractivity contribution in [3.05, 3.63) is 71.1 Å². The van der Waals surface area contributed by atoms with Crippen molar-refractivity contribution < 1.29 is 14.0 Å². The summed E-state index contributed by atoms with van der Waals surface area (Å²) in [5.41, 5.74) is 2.28. The lowest BCUT2D eigenvalue weighted by atomic mass is 10.1. The van der Waals surface area contributed by atoms with E-state index in [1.165, 1.54) is 6.07 Å². The molecule has 29 heavy (non-hydrogen) atoms. The predicted octanol–water partition coefficient (Wildman–Crippen LogP) is 2.01. The average molecular weight is 394 g/mol. The van der Waals surface area contributed by atoms with Crippen LogP contribution in [0.5, 0.6) is 0 Å². The van der Waals surface area contributed by atoms with Gasteiger partial charge in [0, 0.05) is 13.0 Å². The van der Waals surface area contributed by atoms with Crippen LogP contribution < -0.4 is 16.0 Å². The second-order valence-corrected chi connectivity index (χ2v) is 6.83. The molecule has 0 radical (unpaired) electrons. The van der Waals surface area contributed by atoms with Crippen molar-refractivity contribution in [2.45, 2.75) is 19.4 Å². The maximum atomic E-state index is 14.2. The quantitative estimate of drug-likeness (QED) is 0.541. The van der Waals surface area contributed by atoms with E-state index in [2.05, 4.69) is 31.1 Å². The van der Waals surface area contributed by atoms with Gasteiger partial charge < -0.3 is 16.0 Å². The minimum Gasteiger partial charge on any atom is -0.381 e. The first kappa shape index (κ1) is 18.6. The molecule has 1 unspecified atom stereocenters. The van der Waals surface area contributed by atoms with Gasteiger partial charge in [0.1, 0.15) is 23.4 Å². The number of halogens is 1. The highest BCUT2D eigenvalue weighted by Gasteiger charge is 2.28. The van der Waals surface area contributed by atoms with Gasteiger partial charge in [0.2, 0.25) is 11.7 Å². The van der Waals surface area contributed by atoms with Crippen molar-refractivity contribution in [2.24, 2.45) is 0 Å². The van der Waals surface area contributed by atoms with Gasteiger partial charge in [-0.25, -0.2) is 9.37 Å². The smallest absolute Gasteiger partial charge is 0.291 e. The lowest BCUT2D eigenvalue weighted by molar-refractivity contribution is -0.117. The lowest BCUT2D eigenvalue weighted by Gasteiger charge is -2.14. The molecular weight excluding hydrogens is 375 g/mol. The molecule has 2 amide bonds. The largest absolute Gasteiger partial charge is 0.381 e. The molecule has 3 aromatic rings. The Kier molecular flexibility index (Phi) is 4.94. The number of anilines is 2. The summed E-state index contributed by atoms with van der Waals surface area (Å²) in [5.74, 6) is -1.17. The Labute approximate surface area is 165 Å². The molecule has 1 aromatic heterocycles. The molecule has 1 aliphatic heterocycles. The fourth-order valence-electron chi connectivity index (χ4n) is 3.13. The Hall–Kier alpha value is -3.75. The van der Waals surface area contributed by atoms with Gasteiger partial charge in [0.05, 0.1) is 5.69 Å². The standard InChI is InChI=1S/C20H19FN6O2/c1-11-7-13(21)17-14(8-11)22-10-15(19(28)25-17)23-20(29)18-24-16(26-27-18)9-12-5-3-2-4-6-12/h2-8,15,22H,9-10H2,1H3,(H,23,29)(H,25,28)(H,24,26,27). The van der Waals surface area contributed by atoms with E-state index < -0.39 is 23.7 Å². The zero-order chi connectivity index (χ0) is 20.4. The van der Waals surface area contributed by atoms with Crippen molar-refractivity contribution in [1.29, 1.82) is 0 Å².